The number of benzene rings is 1. The molecule has 0 saturated carbocycles. The zero-order valence-electron chi connectivity index (χ0n) is 12.0. The summed E-state index contributed by atoms with van der Waals surface area (Å²) in [6, 6.07) is 6.53. The van der Waals surface area contributed by atoms with Crippen molar-refractivity contribution < 1.29 is 0 Å². The van der Waals surface area contributed by atoms with E-state index in [2.05, 4.69) is 41.6 Å². The molecule has 5 nitrogen and oxygen atoms in total. The Morgan fingerprint density at radius 2 is 2.10 bits per heavy atom. The van der Waals surface area contributed by atoms with Crippen molar-refractivity contribution in [1.29, 1.82) is 0 Å². The molecule has 5 heteroatoms. The number of aryl methyl sites for hydroxylation is 1. The molecule has 0 aliphatic heterocycles. The van der Waals surface area contributed by atoms with Crippen molar-refractivity contribution in [2.45, 2.75) is 26.4 Å². The van der Waals surface area contributed by atoms with Gasteiger partial charge in [0.2, 0.25) is 0 Å². The van der Waals surface area contributed by atoms with Crippen molar-refractivity contribution in [2.75, 3.05) is 0 Å². The maximum atomic E-state index is 5.71. The monoisotopic (exact) mass is 269 g/mol. The normalized spacial score (nSPS) is 11.7. The van der Waals surface area contributed by atoms with E-state index in [1.165, 1.54) is 0 Å². The molecule has 0 atom stereocenters. The molecule has 0 radical (unpaired) electrons. The fraction of sp³-hybridized carbons (Fsp3) is 0.333. The second kappa shape index (κ2) is 4.76. The summed E-state index contributed by atoms with van der Waals surface area (Å²) in [5, 5.41) is 0. The first-order chi connectivity index (χ1) is 9.60. The molecule has 0 aliphatic carbocycles. The molecular formula is C15H19N5. The number of nitrogens with zero attached hydrogens (tertiary/aromatic N) is 4. The number of fused-ring (bicyclic) bond motifs is 1. The Kier molecular flexibility index (Phi) is 3.06. The Morgan fingerprint density at radius 1 is 1.30 bits per heavy atom. The van der Waals surface area contributed by atoms with E-state index in [0.717, 1.165) is 28.1 Å². The molecule has 20 heavy (non-hydrogen) atoms. The van der Waals surface area contributed by atoms with Crippen LogP contribution in [0.2, 0.25) is 0 Å². The summed E-state index contributed by atoms with van der Waals surface area (Å²) in [6.45, 7) is 4.85. The highest BCUT2D eigenvalue weighted by Crippen LogP contribution is 2.27. The highest BCUT2D eigenvalue weighted by atomic mass is 15.1. The molecule has 0 spiro atoms. The second-order valence-corrected chi connectivity index (χ2v) is 5.35. The van der Waals surface area contributed by atoms with E-state index in [9.17, 15) is 0 Å². The molecule has 0 bridgehead atoms. The van der Waals surface area contributed by atoms with E-state index in [1.54, 1.807) is 6.33 Å². The van der Waals surface area contributed by atoms with Crippen LogP contribution in [0.15, 0.2) is 30.7 Å². The van der Waals surface area contributed by atoms with Gasteiger partial charge in [-0.3, -0.25) is 0 Å². The van der Waals surface area contributed by atoms with Gasteiger partial charge in [0.25, 0.3) is 0 Å². The average Bonchev–Trinajstić information content (AvgIpc) is 3.00. The first-order valence-electron chi connectivity index (χ1n) is 6.79. The van der Waals surface area contributed by atoms with Crippen LogP contribution in [0, 0.1) is 0 Å². The lowest BCUT2D eigenvalue weighted by Crippen LogP contribution is -2.03. The Labute approximate surface area is 118 Å². The summed E-state index contributed by atoms with van der Waals surface area (Å²) in [5.74, 6) is 0.907. The van der Waals surface area contributed by atoms with Gasteiger partial charge in [0, 0.05) is 25.8 Å². The van der Waals surface area contributed by atoms with Gasteiger partial charge in [0.1, 0.15) is 5.69 Å². The standard InChI is InChI=1S/C15H19N5/c1-10(2)20-14-5-4-11(7-16)6-12(14)18-15(20)13-8-19(3)9-17-13/h4-6,8-10H,7,16H2,1-3H3. The summed E-state index contributed by atoms with van der Waals surface area (Å²) in [7, 11) is 1.96. The molecular weight excluding hydrogens is 250 g/mol. The van der Waals surface area contributed by atoms with Crippen LogP contribution in [-0.2, 0) is 13.6 Å². The van der Waals surface area contributed by atoms with Gasteiger partial charge in [-0.1, -0.05) is 6.07 Å². The highest BCUT2D eigenvalue weighted by molar-refractivity contribution is 5.81. The molecule has 0 unspecified atom stereocenters. The predicted octanol–water partition coefficient (Wildman–Crippen LogP) is 2.48. The van der Waals surface area contributed by atoms with E-state index in [4.69, 9.17) is 10.7 Å². The summed E-state index contributed by atoms with van der Waals surface area (Å²) in [4.78, 5) is 9.18. The van der Waals surface area contributed by atoms with E-state index in [0.29, 0.717) is 12.6 Å². The molecule has 0 aliphatic rings. The lowest BCUT2D eigenvalue weighted by atomic mass is 10.2. The lowest BCUT2D eigenvalue weighted by molar-refractivity contribution is 0.623. The van der Waals surface area contributed by atoms with Crippen LogP contribution in [0.25, 0.3) is 22.6 Å². The zero-order valence-corrected chi connectivity index (χ0v) is 12.0. The fourth-order valence-electron chi connectivity index (χ4n) is 2.50. The van der Waals surface area contributed by atoms with Crippen LogP contribution in [0.5, 0.6) is 0 Å². The molecule has 2 aromatic heterocycles. The second-order valence-electron chi connectivity index (χ2n) is 5.35. The van der Waals surface area contributed by atoms with Gasteiger partial charge in [-0.15, -0.1) is 0 Å². The Bertz CT molecular complexity index is 751. The molecule has 1 aromatic carbocycles. The number of hydrogen-bond donors (Lipinski definition) is 1. The van der Waals surface area contributed by atoms with Crippen LogP contribution >= 0.6 is 0 Å². The quantitative estimate of drug-likeness (QED) is 0.794. The van der Waals surface area contributed by atoms with Gasteiger partial charge in [0.05, 0.1) is 17.4 Å². The highest BCUT2D eigenvalue weighted by Gasteiger charge is 2.16. The van der Waals surface area contributed by atoms with Crippen LogP contribution in [0.4, 0.5) is 0 Å². The molecule has 0 fully saturated rings. The largest absolute Gasteiger partial charge is 0.340 e. The maximum absolute atomic E-state index is 5.71. The van der Waals surface area contributed by atoms with Gasteiger partial charge in [-0.25, -0.2) is 9.97 Å². The maximum Gasteiger partial charge on any atom is 0.161 e. The number of hydrogen-bond acceptors (Lipinski definition) is 3. The van der Waals surface area contributed by atoms with Gasteiger partial charge in [-0.05, 0) is 31.5 Å². The van der Waals surface area contributed by atoms with Crippen molar-refractivity contribution in [3.05, 3.63) is 36.3 Å². The molecule has 0 amide bonds. The van der Waals surface area contributed by atoms with Gasteiger partial charge < -0.3 is 14.9 Å². The predicted molar refractivity (Wildman–Crippen MR) is 80.2 cm³/mol. The number of rotatable bonds is 3. The summed E-state index contributed by atoms with van der Waals surface area (Å²) >= 11 is 0. The van der Waals surface area contributed by atoms with E-state index >= 15 is 0 Å². The summed E-state index contributed by atoms with van der Waals surface area (Å²) in [6.07, 6.45) is 3.79. The number of imidazole rings is 2. The first-order valence-corrected chi connectivity index (χ1v) is 6.79. The summed E-state index contributed by atoms with van der Waals surface area (Å²) in [5.41, 5.74) is 9.80. The van der Waals surface area contributed by atoms with E-state index in [-0.39, 0.29) is 0 Å². The van der Waals surface area contributed by atoms with Crippen LogP contribution in [0.3, 0.4) is 0 Å². The zero-order chi connectivity index (χ0) is 14.3. The minimum Gasteiger partial charge on any atom is -0.340 e. The third-order valence-corrected chi connectivity index (χ3v) is 3.44. The average molecular weight is 269 g/mol. The van der Waals surface area contributed by atoms with Crippen LogP contribution in [0.1, 0.15) is 25.5 Å². The number of nitrogens with two attached hydrogens (primary N) is 1. The van der Waals surface area contributed by atoms with Gasteiger partial charge in [-0.2, -0.15) is 0 Å². The summed E-state index contributed by atoms with van der Waals surface area (Å²) < 4.78 is 4.16. The molecule has 0 saturated heterocycles. The van der Waals surface area contributed by atoms with Crippen molar-refractivity contribution in [3.8, 4) is 11.5 Å². The van der Waals surface area contributed by atoms with Crippen molar-refractivity contribution in [1.82, 2.24) is 19.1 Å². The minimum absolute atomic E-state index is 0.320. The molecule has 2 heterocycles. The van der Waals surface area contributed by atoms with Crippen molar-refractivity contribution in [2.24, 2.45) is 12.8 Å². The van der Waals surface area contributed by atoms with Gasteiger partial charge >= 0.3 is 0 Å². The Hall–Kier alpha value is -2.14. The van der Waals surface area contributed by atoms with Crippen LogP contribution < -0.4 is 5.73 Å². The molecule has 104 valence electrons. The smallest absolute Gasteiger partial charge is 0.161 e. The number of aromatic nitrogens is 4. The molecule has 2 N–H and O–H groups in total. The first kappa shape index (κ1) is 12.9. The Morgan fingerprint density at radius 3 is 2.70 bits per heavy atom. The topological polar surface area (TPSA) is 61.7 Å². The fourth-order valence-corrected chi connectivity index (χ4v) is 2.50. The third kappa shape index (κ3) is 2.00. The minimum atomic E-state index is 0.320. The van der Waals surface area contributed by atoms with Crippen molar-refractivity contribution >= 4 is 11.0 Å². The van der Waals surface area contributed by atoms with Gasteiger partial charge in [0.15, 0.2) is 5.82 Å². The molecule has 3 aromatic rings. The van der Waals surface area contributed by atoms with E-state index in [1.807, 2.05) is 17.8 Å². The molecule has 3 rings (SSSR count). The van der Waals surface area contributed by atoms with Crippen molar-refractivity contribution in [3.63, 3.8) is 0 Å². The van der Waals surface area contributed by atoms with E-state index < -0.39 is 0 Å². The van der Waals surface area contributed by atoms with Crippen LogP contribution in [-0.4, -0.2) is 19.1 Å². The SMILES string of the molecule is CC(C)n1c(-c2cn(C)cn2)nc2cc(CN)ccc21. The third-order valence-electron chi connectivity index (χ3n) is 3.44. The lowest BCUT2D eigenvalue weighted by Gasteiger charge is -2.11. The Balaban J connectivity index is 2.27.